The number of hydrogen-bond acceptors (Lipinski definition) is 6. The largest absolute Gasteiger partial charge is 0.378 e. The maximum atomic E-state index is 5.42. The molecule has 6 nitrogen and oxygen atoms in total. The normalized spacial score (nSPS) is 17.1. The van der Waals surface area contributed by atoms with Gasteiger partial charge in [-0.25, -0.2) is 9.97 Å². The van der Waals surface area contributed by atoms with E-state index in [-0.39, 0.29) is 0 Å². The summed E-state index contributed by atoms with van der Waals surface area (Å²) >= 11 is 0. The predicted molar refractivity (Wildman–Crippen MR) is 92.1 cm³/mol. The van der Waals surface area contributed by atoms with Crippen LogP contribution in [-0.4, -0.2) is 50.0 Å². The van der Waals surface area contributed by atoms with Gasteiger partial charge in [0.05, 0.1) is 37.0 Å². The maximum Gasteiger partial charge on any atom is 0.226 e. The summed E-state index contributed by atoms with van der Waals surface area (Å²) < 4.78 is 5.42. The molecule has 2 aromatic rings. The van der Waals surface area contributed by atoms with Crippen LogP contribution in [-0.2, 0) is 4.74 Å². The van der Waals surface area contributed by atoms with Gasteiger partial charge in [0.25, 0.3) is 0 Å². The average Bonchev–Trinajstić information content (AvgIpc) is 2.96. The highest BCUT2D eigenvalue weighted by atomic mass is 16.5. The van der Waals surface area contributed by atoms with E-state index in [1.807, 2.05) is 13.0 Å². The molecule has 6 heteroatoms. The fraction of sp³-hybridized carbons (Fsp3) is 0.412. The summed E-state index contributed by atoms with van der Waals surface area (Å²) in [5.74, 6) is 0.801. The molecule has 0 spiro atoms. The van der Waals surface area contributed by atoms with E-state index >= 15 is 0 Å². The maximum absolute atomic E-state index is 5.42. The first kappa shape index (κ1) is 14.3. The molecule has 1 saturated heterocycles. The summed E-state index contributed by atoms with van der Waals surface area (Å²) in [5, 5.41) is 3.37. The molecular weight excluding hydrogens is 290 g/mol. The number of fused-ring (bicyclic) bond motifs is 1. The van der Waals surface area contributed by atoms with E-state index in [2.05, 4.69) is 45.3 Å². The number of hydrogen-bond donors (Lipinski definition) is 1. The summed E-state index contributed by atoms with van der Waals surface area (Å²) in [4.78, 5) is 13.8. The van der Waals surface area contributed by atoms with Crippen molar-refractivity contribution in [1.29, 1.82) is 0 Å². The second-order valence-electron chi connectivity index (χ2n) is 6.06. The Balaban J connectivity index is 1.71. The van der Waals surface area contributed by atoms with Crippen LogP contribution in [0.25, 0.3) is 11.3 Å². The van der Waals surface area contributed by atoms with Crippen molar-refractivity contribution in [1.82, 2.24) is 9.97 Å². The Kier molecular flexibility index (Phi) is 3.53. The van der Waals surface area contributed by atoms with E-state index in [1.54, 1.807) is 0 Å². The average molecular weight is 311 g/mol. The van der Waals surface area contributed by atoms with E-state index in [4.69, 9.17) is 9.72 Å². The lowest BCUT2D eigenvalue weighted by Gasteiger charge is -2.27. The van der Waals surface area contributed by atoms with Crippen molar-refractivity contribution < 1.29 is 4.74 Å². The number of ether oxygens (including phenoxy) is 1. The van der Waals surface area contributed by atoms with E-state index < -0.39 is 0 Å². The van der Waals surface area contributed by atoms with E-state index in [1.165, 1.54) is 11.4 Å². The molecule has 3 heterocycles. The van der Waals surface area contributed by atoms with E-state index in [9.17, 15) is 0 Å². The molecule has 1 aromatic heterocycles. The third kappa shape index (κ3) is 2.70. The van der Waals surface area contributed by atoms with Crippen LogP contribution >= 0.6 is 0 Å². The van der Waals surface area contributed by atoms with Crippen molar-refractivity contribution in [3.05, 3.63) is 30.0 Å². The lowest BCUT2D eigenvalue weighted by Crippen LogP contribution is -2.37. The van der Waals surface area contributed by atoms with Crippen molar-refractivity contribution in [2.75, 3.05) is 55.1 Å². The van der Waals surface area contributed by atoms with Crippen LogP contribution < -0.4 is 15.1 Å². The first-order valence-electron chi connectivity index (χ1n) is 7.98. The standard InChI is InChI=1S/C17H21N5O/c1-12-9-15(20-17(19-12)22-5-7-23-8-6-22)13-3-4-14-16(10-13)21(2)11-18-14/h3-4,9-10,18H,5-8,11H2,1-2H3. The minimum atomic E-state index is 0.738. The summed E-state index contributed by atoms with van der Waals surface area (Å²) in [7, 11) is 2.09. The molecule has 0 unspecified atom stereocenters. The third-order valence-corrected chi connectivity index (χ3v) is 4.35. The summed E-state index contributed by atoms with van der Waals surface area (Å²) in [6.45, 7) is 6.04. The van der Waals surface area contributed by atoms with E-state index in [0.29, 0.717) is 0 Å². The molecule has 2 aliphatic rings. The van der Waals surface area contributed by atoms with Gasteiger partial charge in [0.1, 0.15) is 0 Å². The van der Waals surface area contributed by atoms with Crippen LogP contribution in [0.3, 0.4) is 0 Å². The zero-order chi connectivity index (χ0) is 15.8. The molecule has 1 aromatic carbocycles. The van der Waals surface area contributed by atoms with Gasteiger partial charge >= 0.3 is 0 Å². The van der Waals surface area contributed by atoms with Gasteiger partial charge in [0.2, 0.25) is 5.95 Å². The van der Waals surface area contributed by atoms with E-state index in [0.717, 1.165) is 55.9 Å². The second kappa shape index (κ2) is 5.70. The van der Waals surface area contributed by atoms with Gasteiger partial charge in [0.15, 0.2) is 0 Å². The minimum absolute atomic E-state index is 0.738. The highest BCUT2D eigenvalue weighted by Crippen LogP contribution is 2.34. The molecule has 0 atom stereocenters. The number of rotatable bonds is 2. The highest BCUT2D eigenvalue weighted by molar-refractivity contribution is 5.80. The summed E-state index contributed by atoms with van der Waals surface area (Å²) in [5.41, 5.74) is 5.48. The predicted octanol–water partition coefficient (Wildman–Crippen LogP) is 2.11. The second-order valence-corrected chi connectivity index (χ2v) is 6.06. The molecule has 4 rings (SSSR count). The summed E-state index contributed by atoms with van der Waals surface area (Å²) in [6, 6.07) is 8.49. The molecule has 1 fully saturated rings. The Morgan fingerprint density at radius 3 is 2.78 bits per heavy atom. The fourth-order valence-corrected chi connectivity index (χ4v) is 3.05. The van der Waals surface area contributed by atoms with Gasteiger partial charge in [-0.05, 0) is 25.1 Å². The van der Waals surface area contributed by atoms with Crippen LogP contribution in [0.4, 0.5) is 17.3 Å². The third-order valence-electron chi connectivity index (χ3n) is 4.35. The van der Waals surface area contributed by atoms with Crippen molar-refractivity contribution in [2.24, 2.45) is 0 Å². The molecule has 0 radical (unpaired) electrons. The van der Waals surface area contributed by atoms with Crippen molar-refractivity contribution in [3.8, 4) is 11.3 Å². The zero-order valence-electron chi connectivity index (χ0n) is 13.5. The number of morpholine rings is 1. The minimum Gasteiger partial charge on any atom is -0.378 e. The van der Waals surface area contributed by atoms with Crippen LogP contribution in [0.2, 0.25) is 0 Å². The van der Waals surface area contributed by atoms with Gasteiger partial charge in [-0.3, -0.25) is 0 Å². The Labute approximate surface area is 136 Å². The highest BCUT2D eigenvalue weighted by Gasteiger charge is 2.18. The molecule has 0 amide bonds. The Morgan fingerprint density at radius 1 is 1.13 bits per heavy atom. The van der Waals surface area contributed by atoms with Crippen LogP contribution in [0, 0.1) is 6.92 Å². The number of nitrogens with zero attached hydrogens (tertiary/aromatic N) is 4. The molecule has 0 bridgehead atoms. The lowest BCUT2D eigenvalue weighted by molar-refractivity contribution is 0.122. The monoisotopic (exact) mass is 311 g/mol. The van der Waals surface area contributed by atoms with Crippen LogP contribution in [0.1, 0.15) is 5.69 Å². The smallest absolute Gasteiger partial charge is 0.226 e. The van der Waals surface area contributed by atoms with Crippen molar-refractivity contribution in [2.45, 2.75) is 6.92 Å². The molecule has 2 aliphatic heterocycles. The SMILES string of the molecule is Cc1cc(-c2ccc3c(c2)N(C)CN3)nc(N2CCOCC2)n1. The molecule has 23 heavy (non-hydrogen) atoms. The van der Waals surface area contributed by atoms with Crippen molar-refractivity contribution in [3.63, 3.8) is 0 Å². The van der Waals surface area contributed by atoms with Gasteiger partial charge in [-0.1, -0.05) is 6.07 Å². The van der Waals surface area contributed by atoms with Crippen LogP contribution in [0.15, 0.2) is 24.3 Å². The van der Waals surface area contributed by atoms with Gasteiger partial charge in [-0.15, -0.1) is 0 Å². The quantitative estimate of drug-likeness (QED) is 0.917. The molecular formula is C17H21N5O. The van der Waals surface area contributed by atoms with Gasteiger partial charge in [-0.2, -0.15) is 0 Å². The Bertz CT molecular complexity index is 727. The zero-order valence-corrected chi connectivity index (χ0v) is 13.5. The van der Waals surface area contributed by atoms with Crippen molar-refractivity contribution >= 4 is 17.3 Å². The molecule has 120 valence electrons. The number of nitrogens with one attached hydrogen (secondary N) is 1. The number of anilines is 3. The first-order chi connectivity index (χ1) is 11.2. The summed E-state index contributed by atoms with van der Waals surface area (Å²) in [6.07, 6.45) is 0. The lowest BCUT2D eigenvalue weighted by atomic mass is 10.1. The molecule has 0 aliphatic carbocycles. The Hall–Kier alpha value is -2.34. The van der Waals surface area contributed by atoms with Gasteiger partial charge < -0.3 is 19.9 Å². The van der Waals surface area contributed by atoms with Crippen LogP contribution in [0.5, 0.6) is 0 Å². The fourth-order valence-electron chi connectivity index (χ4n) is 3.05. The number of aryl methyl sites for hydroxylation is 1. The van der Waals surface area contributed by atoms with Gasteiger partial charge in [0, 0.05) is 31.4 Å². The topological polar surface area (TPSA) is 53.5 Å². The number of aromatic nitrogens is 2. The Morgan fingerprint density at radius 2 is 1.96 bits per heavy atom. The molecule has 0 saturated carbocycles. The first-order valence-corrected chi connectivity index (χ1v) is 7.98. The number of benzene rings is 1. The molecule has 1 N–H and O–H groups in total.